The minimum Gasteiger partial charge on any atom is -0.481 e. The van der Waals surface area contributed by atoms with E-state index in [4.69, 9.17) is 10.2 Å². The fourth-order valence-corrected chi connectivity index (χ4v) is 2.50. The largest absolute Gasteiger partial charge is 0.481 e. The molecule has 1 rings (SSSR count). The maximum atomic E-state index is 12.1. The normalized spacial score (nSPS) is 10.6. The zero-order valence-corrected chi connectivity index (χ0v) is 15.9. The highest BCUT2D eigenvalue weighted by molar-refractivity contribution is 6.01. The molecule has 1 aromatic rings. The van der Waals surface area contributed by atoms with Gasteiger partial charge in [0.15, 0.2) is 11.6 Å². The molecule has 0 spiro atoms. The maximum Gasteiger partial charge on any atom is 0.303 e. The molecule has 28 heavy (non-hydrogen) atoms. The second-order valence-corrected chi connectivity index (χ2v) is 6.48. The van der Waals surface area contributed by atoms with E-state index in [1.165, 1.54) is 0 Å². The Hall–Kier alpha value is -2.58. The summed E-state index contributed by atoms with van der Waals surface area (Å²) >= 11 is 0. The van der Waals surface area contributed by atoms with Gasteiger partial charge in [-0.25, -0.2) is 0 Å². The van der Waals surface area contributed by atoms with Gasteiger partial charge in [0, 0.05) is 24.0 Å². The third-order valence-corrected chi connectivity index (χ3v) is 4.09. The van der Waals surface area contributed by atoms with Crippen LogP contribution >= 0.6 is 0 Å². The number of carboxylic acids is 2. The monoisotopic (exact) mass is 392 g/mol. The Morgan fingerprint density at radius 2 is 1.00 bits per heavy atom. The predicted molar refractivity (Wildman–Crippen MR) is 104 cm³/mol. The lowest BCUT2D eigenvalue weighted by molar-refractivity contribution is -0.138. The Kier molecular flexibility index (Phi) is 11.4. The van der Waals surface area contributed by atoms with Gasteiger partial charge in [-0.15, -0.1) is 0 Å². The van der Waals surface area contributed by atoms with Gasteiger partial charge in [-0.3, -0.25) is 19.2 Å². The topological polar surface area (TPSA) is 133 Å². The summed E-state index contributed by atoms with van der Waals surface area (Å²) in [6.07, 6.45) is 2.78. The number of nitrogens with one attached hydrogen (secondary N) is 2. The van der Waals surface area contributed by atoms with Crippen LogP contribution in [-0.4, -0.2) is 59.9 Å². The van der Waals surface area contributed by atoms with E-state index in [9.17, 15) is 19.2 Å². The summed E-state index contributed by atoms with van der Waals surface area (Å²) in [6, 6.07) is 6.48. The van der Waals surface area contributed by atoms with Crippen molar-refractivity contribution in [2.75, 3.05) is 26.2 Å². The lowest BCUT2D eigenvalue weighted by Gasteiger charge is -2.06. The van der Waals surface area contributed by atoms with Crippen molar-refractivity contribution in [3.05, 3.63) is 35.4 Å². The number of Topliss-reactive ketones (excluding diaryl/α,β-unsaturated/α-hetero) is 2. The molecule has 0 saturated carbocycles. The molecule has 0 aromatic heterocycles. The van der Waals surface area contributed by atoms with Crippen molar-refractivity contribution in [2.45, 2.75) is 38.5 Å². The molecule has 4 N–H and O–H groups in total. The molecule has 0 saturated heterocycles. The molecule has 0 amide bonds. The Labute approximate surface area is 164 Å². The number of aliphatic carboxylic acids is 2. The number of hydrogen-bond donors (Lipinski definition) is 4. The van der Waals surface area contributed by atoms with E-state index in [1.54, 1.807) is 24.3 Å². The fourth-order valence-electron chi connectivity index (χ4n) is 2.50. The van der Waals surface area contributed by atoms with E-state index >= 15 is 0 Å². The highest BCUT2D eigenvalue weighted by Gasteiger charge is 2.09. The Morgan fingerprint density at radius 1 is 0.643 bits per heavy atom. The van der Waals surface area contributed by atoms with Crippen LogP contribution in [0.3, 0.4) is 0 Å². The van der Waals surface area contributed by atoms with E-state index < -0.39 is 11.9 Å². The van der Waals surface area contributed by atoms with Crippen LogP contribution < -0.4 is 10.6 Å². The first kappa shape index (κ1) is 23.5. The van der Waals surface area contributed by atoms with Crippen molar-refractivity contribution >= 4 is 23.5 Å². The molecule has 0 aliphatic rings. The average molecular weight is 392 g/mol. The Bertz CT molecular complexity index is 600. The molecule has 0 fully saturated rings. The third kappa shape index (κ3) is 10.5. The molecule has 0 aliphatic carbocycles. The van der Waals surface area contributed by atoms with Gasteiger partial charge in [0.1, 0.15) is 0 Å². The molecule has 0 aliphatic heterocycles. The van der Waals surface area contributed by atoms with Crippen LogP contribution in [0.1, 0.15) is 59.2 Å². The van der Waals surface area contributed by atoms with Crippen molar-refractivity contribution in [3.63, 3.8) is 0 Å². The molecule has 0 bridgehead atoms. The molecule has 0 radical (unpaired) electrons. The number of benzene rings is 1. The van der Waals surface area contributed by atoms with E-state index in [0.29, 0.717) is 49.9 Å². The molecule has 0 heterocycles. The lowest BCUT2D eigenvalue weighted by Crippen LogP contribution is -2.25. The summed E-state index contributed by atoms with van der Waals surface area (Å²) < 4.78 is 0. The quantitative estimate of drug-likeness (QED) is 0.247. The first-order chi connectivity index (χ1) is 13.4. The average Bonchev–Trinajstić information content (AvgIpc) is 2.66. The first-order valence-corrected chi connectivity index (χ1v) is 9.41. The third-order valence-electron chi connectivity index (χ3n) is 4.09. The molecule has 154 valence electrons. The van der Waals surface area contributed by atoms with Crippen LogP contribution in [0.4, 0.5) is 0 Å². The SMILES string of the molecule is O=C(O)CCCCNCC(=O)c1ccc(C(=O)CNCCCCC(=O)O)cc1. The summed E-state index contributed by atoms with van der Waals surface area (Å²) in [4.78, 5) is 45.0. The second kappa shape index (κ2) is 13.6. The van der Waals surface area contributed by atoms with Crippen molar-refractivity contribution in [1.82, 2.24) is 10.6 Å². The second-order valence-electron chi connectivity index (χ2n) is 6.48. The van der Waals surface area contributed by atoms with Gasteiger partial charge in [-0.1, -0.05) is 24.3 Å². The molecule has 1 aromatic carbocycles. The number of carboxylic acid groups (broad SMARTS) is 2. The summed E-state index contributed by atoms with van der Waals surface area (Å²) in [5.74, 6) is -1.82. The van der Waals surface area contributed by atoms with Gasteiger partial charge in [-0.2, -0.15) is 0 Å². The minimum absolute atomic E-state index is 0.0891. The van der Waals surface area contributed by atoms with Crippen molar-refractivity contribution in [3.8, 4) is 0 Å². The van der Waals surface area contributed by atoms with Gasteiger partial charge in [0.05, 0.1) is 13.1 Å². The van der Waals surface area contributed by atoms with Gasteiger partial charge in [0.2, 0.25) is 0 Å². The Balaban J connectivity index is 2.25. The minimum atomic E-state index is -0.820. The molecule has 0 atom stereocenters. The Morgan fingerprint density at radius 3 is 1.32 bits per heavy atom. The lowest BCUT2D eigenvalue weighted by atomic mass is 10.1. The van der Waals surface area contributed by atoms with Crippen LogP contribution in [0.5, 0.6) is 0 Å². The number of rotatable bonds is 16. The maximum absolute atomic E-state index is 12.1. The molecule has 8 nitrogen and oxygen atoms in total. The molecule has 8 heteroatoms. The fraction of sp³-hybridized carbons (Fsp3) is 0.500. The van der Waals surface area contributed by atoms with Crippen molar-refractivity contribution in [2.24, 2.45) is 0 Å². The zero-order valence-electron chi connectivity index (χ0n) is 15.9. The van der Waals surface area contributed by atoms with Crippen LogP contribution in [0.2, 0.25) is 0 Å². The number of unbranched alkanes of at least 4 members (excludes halogenated alkanes) is 2. The first-order valence-electron chi connectivity index (χ1n) is 9.41. The van der Waals surface area contributed by atoms with Gasteiger partial charge in [0.25, 0.3) is 0 Å². The highest BCUT2D eigenvalue weighted by Crippen LogP contribution is 2.06. The highest BCUT2D eigenvalue weighted by atomic mass is 16.4. The van der Waals surface area contributed by atoms with E-state index in [0.717, 1.165) is 0 Å². The smallest absolute Gasteiger partial charge is 0.303 e. The van der Waals surface area contributed by atoms with Gasteiger partial charge in [-0.05, 0) is 38.8 Å². The van der Waals surface area contributed by atoms with E-state index in [1.807, 2.05) is 0 Å². The number of ketones is 2. The molecular formula is C20H28N2O6. The molecular weight excluding hydrogens is 364 g/mol. The predicted octanol–water partition coefficient (Wildman–Crippen LogP) is 1.74. The van der Waals surface area contributed by atoms with E-state index in [2.05, 4.69) is 10.6 Å². The standard InChI is InChI=1S/C20H28N2O6/c23-17(13-21-11-3-1-5-19(25)26)15-7-9-16(10-8-15)18(24)14-22-12-4-2-6-20(27)28/h7-10,21-22H,1-6,11-14H2,(H,25,26)(H,27,28). The van der Waals surface area contributed by atoms with Crippen molar-refractivity contribution < 1.29 is 29.4 Å². The summed E-state index contributed by atoms with van der Waals surface area (Å²) in [6.45, 7) is 1.48. The summed E-state index contributed by atoms with van der Waals surface area (Å²) in [5.41, 5.74) is 1.02. The van der Waals surface area contributed by atoms with E-state index in [-0.39, 0.29) is 37.5 Å². The van der Waals surface area contributed by atoms with Gasteiger partial charge < -0.3 is 20.8 Å². The van der Waals surface area contributed by atoms with Crippen LogP contribution in [0, 0.1) is 0 Å². The van der Waals surface area contributed by atoms with Gasteiger partial charge >= 0.3 is 11.9 Å². The zero-order chi connectivity index (χ0) is 20.8. The number of carbonyl (C=O) groups excluding carboxylic acids is 2. The number of hydrogen-bond acceptors (Lipinski definition) is 6. The van der Waals surface area contributed by atoms with Crippen LogP contribution in [0.25, 0.3) is 0 Å². The molecule has 0 unspecified atom stereocenters. The van der Waals surface area contributed by atoms with Crippen molar-refractivity contribution in [1.29, 1.82) is 0 Å². The van der Waals surface area contributed by atoms with Crippen LogP contribution in [0.15, 0.2) is 24.3 Å². The number of carbonyl (C=O) groups is 4. The summed E-state index contributed by atoms with van der Waals surface area (Å²) in [5, 5.41) is 23.1. The van der Waals surface area contributed by atoms with Crippen LogP contribution in [-0.2, 0) is 9.59 Å². The summed E-state index contributed by atoms with van der Waals surface area (Å²) in [7, 11) is 0.